The number of hydrogen-bond acceptors (Lipinski definition) is 6. The zero-order chi connectivity index (χ0) is 28.6. The Kier molecular flexibility index (Phi) is 12.3. The fourth-order valence-corrected chi connectivity index (χ4v) is 6.49. The molecule has 0 aliphatic carbocycles. The molecule has 6 unspecified atom stereocenters. The molecule has 38 heavy (non-hydrogen) atoms. The Morgan fingerprint density at radius 2 is 1.74 bits per heavy atom. The molecule has 6 nitrogen and oxygen atoms in total. The van der Waals surface area contributed by atoms with E-state index in [9.17, 15) is 15.0 Å². The summed E-state index contributed by atoms with van der Waals surface area (Å²) in [6.45, 7) is 14.2. The lowest BCUT2D eigenvalue weighted by Gasteiger charge is -2.42. The van der Waals surface area contributed by atoms with E-state index in [1.165, 1.54) is 12.5 Å². The van der Waals surface area contributed by atoms with Gasteiger partial charge in [-0.1, -0.05) is 36.3 Å². The molecule has 2 rings (SSSR count). The SMILES string of the molecule is CC(=O)OCC(C)=CCCC1(C)C2CCC(C)(O2)C1CCC=C(C)CCC(O)C(C)(O)CCC=C(C)CO. The first-order valence-corrected chi connectivity index (χ1v) is 14.5. The third-order valence-electron chi connectivity index (χ3n) is 9.13. The van der Waals surface area contributed by atoms with Crippen molar-refractivity contribution in [3.63, 3.8) is 0 Å². The van der Waals surface area contributed by atoms with Gasteiger partial charge in [0.2, 0.25) is 0 Å². The summed E-state index contributed by atoms with van der Waals surface area (Å²) in [6.07, 6.45) is 14.6. The Balaban J connectivity index is 1.88. The quantitative estimate of drug-likeness (QED) is 0.161. The molecule has 0 radical (unpaired) electrons. The average Bonchev–Trinajstić information content (AvgIpc) is 3.34. The number of fused-ring (bicyclic) bond motifs is 2. The Morgan fingerprint density at radius 3 is 2.39 bits per heavy atom. The van der Waals surface area contributed by atoms with Gasteiger partial charge < -0.3 is 24.8 Å². The van der Waals surface area contributed by atoms with Crippen molar-refractivity contribution in [1.82, 2.24) is 0 Å². The first kappa shape index (κ1) is 32.7. The minimum Gasteiger partial charge on any atom is -0.461 e. The summed E-state index contributed by atoms with van der Waals surface area (Å²) in [4.78, 5) is 11.1. The Hall–Kier alpha value is -1.47. The van der Waals surface area contributed by atoms with Gasteiger partial charge in [-0.05, 0) is 116 Å². The first-order valence-electron chi connectivity index (χ1n) is 14.5. The number of carbonyl (C=O) groups is 1. The maximum atomic E-state index is 11.1. The summed E-state index contributed by atoms with van der Waals surface area (Å²) in [5.74, 6) is 0.242. The number of aliphatic hydroxyl groups excluding tert-OH is 2. The van der Waals surface area contributed by atoms with Gasteiger partial charge >= 0.3 is 5.97 Å². The van der Waals surface area contributed by atoms with Crippen LogP contribution < -0.4 is 0 Å². The molecule has 0 aromatic heterocycles. The summed E-state index contributed by atoms with van der Waals surface area (Å²) in [5.41, 5.74) is 2.14. The van der Waals surface area contributed by atoms with Gasteiger partial charge in [-0.25, -0.2) is 0 Å². The monoisotopic (exact) mass is 534 g/mol. The lowest BCUT2D eigenvalue weighted by molar-refractivity contribution is -0.139. The zero-order valence-electron chi connectivity index (χ0n) is 25.0. The van der Waals surface area contributed by atoms with Crippen LogP contribution in [0.25, 0.3) is 0 Å². The van der Waals surface area contributed by atoms with Gasteiger partial charge in [0.1, 0.15) is 6.61 Å². The molecule has 2 aliphatic heterocycles. The highest BCUT2D eigenvalue weighted by Gasteiger charge is 2.61. The topological polar surface area (TPSA) is 96.2 Å². The Bertz CT molecular complexity index is 871. The molecule has 6 heteroatoms. The van der Waals surface area contributed by atoms with Crippen LogP contribution in [-0.4, -0.2) is 57.9 Å². The maximum Gasteiger partial charge on any atom is 0.302 e. The Labute approximate surface area is 231 Å². The molecular weight excluding hydrogens is 480 g/mol. The molecule has 3 N–H and O–H groups in total. The molecule has 0 saturated carbocycles. The summed E-state index contributed by atoms with van der Waals surface area (Å²) in [5, 5.41) is 30.4. The van der Waals surface area contributed by atoms with E-state index in [-0.39, 0.29) is 23.6 Å². The van der Waals surface area contributed by atoms with Gasteiger partial charge in [0.15, 0.2) is 0 Å². The normalized spacial score (nSPS) is 30.4. The predicted octanol–water partition coefficient (Wildman–Crippen LogP) is 6.19. The van der Waals surface area contributed by atoms with E-state index < -0.39 is 11.7 Å². The van der Waals surface area contributed by atoms with Crippen LogP contribution in [0.15, 0.2) is 34.9 Å². The number of allylic oxidation sites excluding steroid dienone is 4. The van der Waals surface area contributed by atoms with Crippen molar-refractivity contribution in [1.29, 1.82) is 0 Å². The summed E-state index contributed by atoms with van der Waals surface area (Å²) >= 11 is 0. The maximum absolute atomic E-state index is 11.1. The van der Waals surface area contributed by atoms with Crippen LogP contribution in [0.1, 0.15) is 113 Å². The van der Waals surface area contributed by atoms with E-state index in [4.69, 9.17) is 14.6 Å². The number of rotatable bonds is 16. The second-order valence-electron chi connectivity index (χ2n) is 12.7. The minimum absolute atomic E-state index is 0.0228. The van der Waals surface area contributed by atoms with Crippen LogP contribution in [0.5, 0.6) is 0 Å². The van der Waals surface area contributed by atoms with Crippen LogP contribution in [0.4, 0.5) is 0 Å². The lowest BCUT2D eigenvalue weighted by Crippen LogP contribution is -2.42. The third-order valence-corrected chi connectivity index (χ3v) is 9.13. The molecule has 2 saturated heterocycles. The first-order chi connectivity index (χ1) is 17.7. The van der Waals surface area contributed by atoms with Crippen molar-refractivity contribution in [2.24, 2.45) is 11.3 Å². The number of aliphatic hydroxyl groups is 3. The van der Waals surface area contributed by atoms with Crippen LogP contribution in [0, 0.1) is 11.3 Å². The highest BCUT2D eigenvalue weighted by atomic mass is 16.5. The lowest BCUT2D eigenvalue weighted by atomic mass is 9.60. The Morgan fingerprint density at radius 1 is 1.08 bits per heavy atom. The van der Waals surface area contributed by atoms with E-state index >= 15 is 0 Å². The van der Waals surface area contributed by atoms with Crippen LogP contribution in [0.2, 0.25) is 0 Å². The van der Waals surface area contributed by atoms with Crippen molar-refractivity contribution < 1.29 is 29.6 Å². The molecule has 0 aromatic rings. The van der Waals surface area contributed by atoms with Crippen LogP contribution in [0.3, 0.4) is 0 Å². The van der Waals surface area contributed by atoms with Gasteiger partial charge in [-0.3, -0.25) is 4.79 Å². The minimum atomic E-state index is -1.14. The second kappa shape index (κ2) is 14.2. The highest BCUT2D eigenvalue weighted by Crippen LogP contribution is 2.61. The largest absolute Gasteiger partial charge is 0.461 e. The van der Waals surface area contributed by atoms with Crippen LogP contribution >= 0.6 is 0 Å². The number of ether oxygens (including phenoxy) is 2. The number of carbonyl (C=O) groups excluding carboxylic acids is 1. The van der Waals surface area contributed by atoms with Gasteiger partial charge in [-0.2, -0.15) is 0 Å². The predicted molar refractivity (Wildman–Crippen MR) is 153 cm³/mol. The zero-order valence-corrected chi connectivity index (χ0v) is 25.0. The third kappa shape index (κ3) is 9.04. The molecule has 6 atom stereocenters. The molecule has 0 aromatic carbocycles. The fourth-order valence-electron chi connectivity index (χ4n) is 6.49. The van der Waals surface area contributed by atoms with Crippen molar-refractivity contribution in [3.8, 4) is 0 Å². The van der Waals surface area contributed by atoms with E-state index in [1.807, 2.05) is 19.9 Å². The molecule has 2 fully saturated rings. The van der Waals surface area contributed by atoms with E-state index in [2.05, 4.69) is 32.9 Å². The van der Waals surface area contributed by atoms with Crippen LogP contribution in [-0.2, 0) is 14.3 Å². The molecular formula is C32H54O6. The molecule has 2 heterocycles. The average molecular weight is 535 g/mol. The van der Waals surface area contributed by atoms with E-state index in [0.717, 1.165) is 56.1 Å². The van der Waals surface area contributed by atoms with Crippen molar-refractivity contribution in [3.05, 3.63) is 34.9 Å². The second-order valence-corrected chi connectivity index (χ2v) is 12.7. The van der Waals surface area contributed by atoms with E-state index in [1.54, 1.807) is 6.92 Å². The highest BCUT2D eigenvalue weighted by molar-refractivity contribution is 5.66. The van der Waals surface area contributed by atoms with Gasteiger partial charge in [0, 0.05) is 6.92 Å². The molecule has 0 spiro atoms. The molecule has 0 amide bonds. The molecule has 2 aliphatic rings. The molecule has 2 bridgehead atoms. The number of esters is 1. The summed E-state index contributed by atoms with van der Waals surface area (Å²) < 4.78 is 11.7. The van der Waals surface area contributed by atoms with Gasteiger partial charge in [-0.15, -0.1) is 0 Å². The fraction of sp³-hybridized carbons (Fsp3) is 0.781. The van der Waals surface area contributed by atoms with E-state index in [0.29, 0.717) is 37.9 Å². The van der Waals surface area contributed by atoms with Crippen molar-refractivity contribution in [2.75, 3.05) is 13.2 Å². The van der Waals surface area contributed by atoms with Crippen molar-refractivity contribution in [2.45, 2.75) is 136 Å². The standard InChI is InChI=1S/C32H54O6/c1-23(15-16-28(35)31(6,36)19-10-12-24(2)21-33)11-8-14-27-30(5,29-17-20-32(27,7)38-29)18-9-13-25(3)22-37-26(4)34/h11-13,27-29,33,35-36H,8-10,14-22H2,1-7H3. The molecule has 218 valence electrons. The number of hydrogen-bond donors (Lipinski definition) is 3. The summed E-state index contributed by atoms with van der Waals surface area (Å²) in [6, 6.07) is 0. The summed E-state index contributed by atoms with van der Waals surface area (Å²) in [7, 11) is 0. The smallest absolute Gasteiger partial charge is 0.302 e. The van der Waals surface area contributed by atoms with Gasteiger partial charge in [0.05, 0.1) is 30.0 Å². The van der Waals surface area contributed by atoms with Gasteiger partial charge in [0.25, 0.3) is 0 Å². The van der Waals surface area contributed by atoms with Crippen molar-refractivity contribution >= 4 is 5.97 Å².